The predicted octanol–water partition coefficient (Wildman–Crippen LogP) is 5.10. The van der Waals surface area contributed by atoms with Crippen LogP contribution in [-0.2, 0) is 4.79 Å². The number of ketones is 1. The molecule has 0 spiro atoms. The average molecular weight is 417 g/mol. The molecule has 1 aliphatic rings. The summed E-state index contributed by atoms with van der Waals surface area (Å²) in [6.45, 7) is 3.65. The van der Waals surface area contributed by atoms with Gasteiger partial charge in [0.2, 0.25) is 5.91 Å². The number of aliphatic hydroxyl groups excluding tert-OH is 1. The molecule has 31 heavy (non-hydrogen) atoms. The maximum absolute atomic E-state index is 13.8. The summed E-state index contributed by atoms with van der Waals surface area (Å²) < 4.78 is 13.4. The van der Waals surface area contributed by atoms with Crippen LogP contribution in [0.15, 0.2) is 78.9 Å². The summed E-state index contributed by atoms with van der Waals surface area (Å²) in [5.41, 5.74) is 2.27. The normalized spacial score (nSPS) is 19.3. The minimum absolute atomic E-state index is 0.236. The highest BCUT2D eigenvalue weighted by atomic mass is 19.1. The second-order valence-corrected chi connectivity index (χ2v) is 8.18. The Morgan fingerprint density at radius 2 is 1.55 bits per heavy atom. The molecule has 1 heterocycles. The van der Waals surface area contributed by atoms with Crippen molar-refractivity contribution in [2.45, 2.75) is 25.9 Å². The summed E-state index contributed by atoms with van der Waals surface area (Å²) in [5.74, 6) is -3.14. The maximum Gasteiger partial charge on any atom is 0.238 e. The van der Waals surface area contributed by atoms with Crippen LogP contribution in [0.2, 0.25) is 0 Å². The first-order valence-corrected chi connectivity index (χ1v) is 10.4. The number of halogens is 1. The summed E-state index contributed by atoms with van der Waals surface area (Å²) in [6, 6.07) is 21.8. The van der Waals surface area contributed by atoms with Crippen molar-refractivity contribution in [3.8, 4) is 0 Å². The molecule has 3 aromatic rings. The molecule has 0 bridgehead atoms. The molecular weight excluding hydrogens is 393 g/mol. The molecule has 0 saturated carbocycles. The van der Waals surface area contributed by atoms with E-state index in [0.717, 1.165) is 0 Å². The van der Waals surface area contributed by atoms with E-state index in [9.17, 15) is 19.1 Å². The Labute approximate surface area is 181 Å². The third kappa shape index (κ3) is 3.77. The van der Waals surface area contributed by atoms with E-state index in [4.69, 9.17) is 0 Å². The average Bonchev–Trinajstić information content (AvgIpc) is 2.78. The lowest BCUT2D eigenvalue weighted by Crippen LogP contribution is -2.49. The minimum Gasteiger partial charge on any atom is -0.392 e. The van der Waals surface area contributed by atoms with Crippen LogP contribution in [0.4, 0.5) is 15.8 Å². The molecule has 0 fully saturated rings. The Hall–Kier alpha value is -3.31. The number of carbonyl (C=O) groups excluding carboxylic acids is 2. The van der Waals surface area contributed by atoms with Crippen LogP contribution in [0.3, 0.4) is 0 Å². The molecule has 158 valence electrons. The summed E-state index contributed by atoms with van der Waals surface area (Å²) in [7, 11) is 0. The van der Waals surface area contributed by atoms with E-state index in [1.807, 2.05) is 68.4 Å². The summed E-state index contributed by atoms with van der Waals surface area (Å²) >= 11 is 0. The molecule has 4 rings (SSSR count). The van der Waals surface area contributed by atoms with Gasteiger partial charge in [-0.1, -0.05) is 50.2 Å². The fourth-order valence-corrected chi connectivity index (χ4v) is 4.26. The van der Waals surface area contributed by atoms with Crippen LogP contribution in [0.25, 0.3) is 0 Å². The number of carbonyl (C=O) groups is 2. The molecule has 4 nitrogen and oxygen atoms in total. The zero-order valence-electron chi connectivity index (χ0n) is 17.4. The van der Waals surface area contributed by atoms with Crippen LogP contribution in [0.1, 0.15) is 35.7 Å². The van der Waals surface area contributed by atoms with E-state index in [2.05, 4.69) is 0 Å². The van der Waals surface area contributed by atoms with Crippen LogP contribution < -0.4 is 4.90 Å². The fraction of sp³-hybridized carbons (Fsp3) is 0.231. The van der Waals surface area contributed by atoms with E-state index in [-0.39, 0.29) is 17.6 Å². The van der Waals surface area contributed by atoms with Gasteiger partial charge in [-0.3, -0.25) is 14.5 Å². The largest absolute Gasteiger partial charge is 0.392 e. The number of anilines is 2. The zero-order valence-corrected chi connectivity index (χ0v) is 17.4. The second-order valence-electron chi connectivity index (χ2n) is 8.18. The zero-order chi connectivity index (χ0) is 22.1. The SMILES string of the molecule is CC(C)C(O)C1C(=O)N(c2ccccc2)c2ccccc2C1C(=O)c1ccc(F)cc1. The van der Waals surface area contributed by atoms with Crippen molar-refractivity contribution in [3.63, 3.8) is 0 Å². The highest BCUT2D eigenvalue weighted by Crippen LogP contribution is 2.46. The molecule has 1 amide bonds. The molecule has 3 atom stereocenters. The van der Waals surface area contributed by atoms with Crippen molar-refractivity contribution < 1.29 is 19.1 Å². The molecule has 5 heteroatoms. The molecule has 3 unspecified atom stereocenters. The fourth-order valence-electron chi connectivity index (χ4n) is 4.26. The Balaban J connectivity index is 1.91. The van der Waals surface area contributed by atoms with Gasteiger partial charge in [-0.25, -0.2) is 4.39 Å². The van der Waals surface area contributed by atoms with Gasteiger partial charge in [-0.15, -0.1) is 0 Å². The maximum atomic E-state index is 13.8. The van der Waals surface area contributed by atoms with Gasteiger partial charge in [0.15, 0.2) is 5.78 Å². The van der Waals surface area contributed by atoms with Crippen molar-refractivity contribution in [2.24, 2.45) is 11.8 Å². The molecule has 1 aliphatic heterocycles. The van der Waals surface area contributed by atoms with E-state index < -0.39 is 23.8 Å². The van der Waals surface area contributed by atoms with E-state index >= 15 is 0 Å². The van der Waals surface area contributed by atoms with Gasteiger partial charge in [0.1, 0.15) is 5.82 Å². The van der Waals surface area contributed by atoms with Gasteiger partial charge >= 0.3 is 0 Å². The third-order valence-electron chi connectivity index (χ3n) is 5.85. The van der Waals surface area contributed by atoms with Crippen LogP contribution >= 0.6 is 0 Å². The first-order chi connectivity index (χ1) is 14.9. The summed E-state index contributed by atoms with van der Waals surface area (Å²) in [5, 5.41) is 11.1. The van der Waals surface area contributed by atoms with Crippen LogP contribution in [0, 0.1) is 17.7 Å². The monoisotopic (exact) mass is 417 g/mol. The molecule has 0 saturated heterocycles. The molecular formula is C26H24FNO3. The minimum atomic E-state index is -1.03. The lowest BCUT2D eigenvalue weighted by Gasteiger charge is -2.41. The van der Waals surface area contributed by atoms with E-state index in [1.54, 1.807) is 4.90 Å². The number of hydrogen-bond donors (Lipinski definition) is 1. The summed E-state index contributed by atoms with van der Waals surface area (Å²) in [4.78, 5) is 29.0. The number of rotatable bonds is 5. The Kier molecular flexibility index (Phi) is 5.70. The van der Waals surface area contributed by atoms with E-state index in [1.165, 1.54) is 24.3 Å². The Bertz CT molecular complexity index is 1100. The van der Waals surface area contributed by atoms with Crippen molar-refractivity contribution in [2.75, 3.05) is 4.90 Å². The van der Waals surface area contributed by atoms with E-state index in [0.29, 0.717) is 22.5 Å². The smallest absolute Gasteiger partial charge is 0.238 e. The van der Waals surface area contributed by atoms with Gasteiger partial charge in [0.05, 0.1) is 23.6 Å². The first kappa shape index (κ1) is 20.9. The standard InChI is InChI=1S/C26H24FNO3/c1-16(2)24(29)23-22(25(30)17-12-14-18(27)15-13-17)20-10-6-7-11-21(20)28(26(23)31)19-8-4-3-5-9-19/h3-16,22-24,29H,1-2H3. The molecule has 0 aliphatic carbocycles. The lowest BCUT2D eigenvalue weighted by molar-refractivity contribution is -0.127. The first-order valence-electron chi connectivity index (χ1n) is 10.4. The van der Waals surface area contributed by atoms with Crippen LogP contribution in [0.5, 0.6) is 0 Å². The number of benzene rings is 3. The van der Waals surface area contributed by atoms with Crippen molar-refractivity contribution in [1.82, 2.24) is 0 Å². The molecule has 1 N–H and O–H groups in total. The van der Waals surface area contributed by atoms with Gasteiger partial charge in [-0.2, -0.15) is 0 Å². The van der Waals surface area contributed by atoms with Crippen molar-refractivity contribution >= 4 is 23.1 Å². The Morgan fingerprint density at radius 3 is 2.19 bits per heavy atom. The number of hydrogen-bond acceptors (Lipinski definition) is 3. The van der Waals surface area contributed by atoms with Gasteiger partial charge in [-0.05, 0) is 53.9 Å². The number of fused-ring (bicyclic) bond motifs is 1. The third-order valence-corrected chi connectivity index (χ3v) is 5.85. The topological polar surface area (TPSA) is 57.6 Å². The highest BCUT2D eigenvalue weighted by molar-refractivity contribution is 6.12. The van der Waals surface area contributed by atoms with Gasteiger partial charge < -0.3 is 5.11 Å². The predicted molar refractivity (Wildman–Crippen MR) is 118 cm³/mol. The van der Waals surface area contributed by atoms with Gasteiger partial charge in [0.25, 0.3) is 0 Å². The Morgan fingerprint density at radius 1 is 0.935 bits per heavy atom. The number of Topliss-reactive ketones (excluding diaryl/α,β-unsaturated/α-hetero) is 1. The number of para-hydroxylation sites is 2. The highest BCUT2D eigenvalue weighted by Gasteiger charge is 2.48. The molecule has 0 radical (unpaired) electrons. The summed E-state index contributed by atoms with van der Waals surface area (Å²) in [6.07, 6.45) is -1.03. The second kappa shape index (κ2) is 8.44. The number of aliphatic hydroxyl groups is 1. The van der Waals surface area contributed by atoms with Crippen molar-refractivity contribution in [3.05, 3.63) is 95.8 Å². The lowest BCUT2D eigenvalue weighted by atomic mass is 9.71. The quantitative estimate of drug-likeness (QED) is 0.588. The number of nitrogens with zero attached hydrogens (tertiary/aromatic N) is 1. The molecule has 0 aromatic heterocycles. The number of amides is 1. The van der Waals surface area contributed by atoms with Crippen LogP contribution in [-0.4, -0.2) is 22.9 Å². The molecule has 3 aromatic carbocycles. The van der Waals surface area contributed by atoms with Crippen molar-refractivity contribution in [1.29, 1.82) is 0 Å². The van der Waals surface area contributed by atoms with Gasteiger partial charge in [0, 0.05) is 11.3 Å².